The standard InChI is InChI=1S/C24H26N4OS2/c1-15-7-9-19(10-8-15)30-11-5-6-22(29)25-21-14-18(4)27-28(21)24-26-23-17(3)12-16(2)13-20(23)31-24/h7-10,12-14H,5-6,11H2,1-4H3,(H,25,29). The molecule has 2 aromatic heterocycles. The molecule has 0 aliphatic heterocycles. The van der Waals surface area contributed by atoms with Crippen LogP contribution in [-0.4, -0.2) is 26.4 Å². The number of hydrogen-bond donors (Lipinski definition) is 1. The predicted molar refractivity (Wildman–Crippen MR) is 131 cm³/mol. The van der Waals surface area contributed by atoms with Crippen molar-refractivity contribution in [2.45, 2.75) is 45.4 Å². The van der Waals surface area contributed by atoms with Gasteiger partial charge in [0, 0.05) is 17.4 Å². The molecule has 7 heteroatoms. The first-order valence-corrected chi connectivity index (χ1v) is 12.1. The minimum atomic E-state index is -0.00112. The number of anilines is 1. The van der Waals surface area contributed by atoms with Gasteiger partial charge < -0.3 is 5.32 Å². The maximum atomic E-state index is 12.6. The van der Waals surface area contributed by atoms with Crippen molar-refractivity contribution in [1.82, 2.24) is 14.8 Å². The number of benzene rings is 2. The highest BCUT2D eigenvalue weighted by Crippen LogP contribution is 2.30. The highest BCUT2D eigenvalue weighted by atomic mass is 32.2. The number of carbonyl (C=O) groups is 1. The largest absolute Gasteiger partial charge is 0.311 e. The Hall–Kier alpha value is -2.64. The van der Waals surface area contributed by atoms with Crippen molar-refractivity contribution < 1.29 is 4.79 Å². The molecule has 160 valence electrons. The van der Waals surface area contributed by atoms with Crippen LogP contribution in [0.25, 0.3) is 15.3 Å². The summed E-state index contributed by atoms with van der Waals surface area (Å²) >= 11 is 3.37. The second-order valence-corrected chi connectivity index (χ2v) is 10.00. The van der Waals surface area contributed by atoms with E-state index in [1.54, 1.807) is 27.8 Å². The Bertz CT molecular complexity index is 1220. The molecular weight excluding hydrogens is 424 g/mol. The number of nitrogens with zero attached hydrogens (tertiary/aromatic N) is 3. The zero-order chi connectivity index (χ0) is 22.0. The van der Waals surface area contributed by atoms with Crippen LogP contribution in [0.2, 0.25) is 0 Å². The molecule has 0 spiro atoms. The van der Waals surface area contributed by atoms with E-state index in [1.165, 1.54) is 16.0 Å². The van der Waals surface area contributed by atoms with E-state index in [9.17, 15) is 4.79 Å². The van der Waals surface area contributed by atoms with Crippen molar-refractivity contribution in [3.8, 4) is 5.13 Å². The fourth-order valence-electron chi connectivity index (χ4n) is 3.45. The highest BCUT2D eigenvalue weighted by molar-refractivity contribution is 7.99. The molecule has 1 N–H and O–H groups in total. The van der Waals surface area contributed by atoms with E-state index in [-0.39, 0.29) is 5.91 Å². The number of nitrogens with one attached hydrogen (secondary N) is 1. The van der Waals surface area contributed by atoms with Crippen molar-refractivity contribution in [2.75, 3.05) is 11.1 Å². The molecule has 4 aromatic rings. The highest BCUT2D eigenvalue weighted by Gasteiger charge is 2.15. The summed E-state index contributed by atoms with van der Waals surface area (Å²) in [7, 11) is 0. The molecular formula is C24H26N4OS2. The molecule has 0 radical (unpaired) electrons. The van der Waals surface area contributed by atoms with Crippen LogP contribution in [-0.2, 0) is 4.79 Å². The topological polar surface area (TPSA) is 59.8 Å². The van der Waals surface area contributed by atoms with Gasteiger partial charge in [0.2, 0.25) is 11.0 Å². The third kappa shape index (κ3) is 5.17. The number of aryl methyl sites for hydroxylation is 4. The number of rotatable bonds is 7. The van der Waals surface area contributed by atoms with Gasteiger partial charge >= 0.3 is 0 Å². The summed E-state index contributed by atoms with van der Waals surface area (Å²) in [6, 6.07) is 14.7. The first-order valence-electron chi connectivity index (χ1n) is 10.3. The van der Waals surface area contributed by atoms with Gasteiger partial charge in [-0.1, -0.05) is 35.1 Å². The molecule has 31 heavy (non-hydrogen) atoms. The summed E-state index contributed by atoms with van der Waals surface area (Å²) in [6.07, 6.45) is 1.29. The fourth-order valence-corrected chi connectivity index (χ4v) is 5.41. The molecule has 0 unspecified atom stereocenters. The van der Waals surface area contributed by atoms with Gasteiger partial charge in [-0.3, -0.25) is 4.79 Å². The average molecular weight is 451 g/mol. The molecule has 0 aliphatic carbocycles. The summed E-state index contributed by atoms with van der Waals surface area (Å²) in [5.74, 6) is 1.58. The Morgan fingerprint density at radius 1 is 1.06 bits per heavy atom. The zero-order valence-electron chi connectivity index (χ0n) is 18.2. The quantitative estimate of drug-likeness (QED) is 0.268. The zero-order valence-corrected chi connectivity index (χ0v) is 19.9. The van der Waals surface area contributed by atoms with Crippen LogP contribution in [0.5, 0.6) is 0 Å². The Kier molecular flexibility index (Phi) is 6.43. The molecule has 0 saturated heterocycles. The second-order valence-electron chi connectivity index (χ2n) is 7.82. The van der Waals surface area contributed by atoms with Crippen molar-refractivity contribution in [2.24, 2.45) is 0 Å². The minimum Gasteiger partial charge on any atom is -0.311 e. The van der Waals surface area contributed by atoms with E-state index in [2.05, 4.69) is 67.6 Å². The summed E-state index contributed by atoms with van der Waals surface area (Å²) in [5.41, 5.74) is 5.46. The van der Waals surface area contributed by atoms with E-state index >= 15 is 0 Å². The number of thioether (sulfide) groups is 1. The molecule has 0 bridgehead atoms. The third-order valence-electron chi connectivity index (χ3n) is 4.94. The van der Waals surface area contributed by atoms with Crippen molar-refractivity contribution >= 4 is 45.0 Å². The average Bonchev–Trinajstić information content (AvgIpc) is 3.30. The fraction of sp³-hybridized carbons (Fsp3) is 0.292. The number of fused-ring (bicyclic) bond motifs is 1. The SMILES string of the molecule is Cc1ccc(SCCCC(=O)Nc2cc(C)nn2-c2nc3c(C)cc(C)cc3s2)cc1. The molecule has 0 aliphatic rings. The maximum absolute atomic E-state index is 12.6. The summed E-state index contributed by atoms with van der Waals surface area (Å²) < 4.78 is 2.87. The van der Waals surface area contributed by atoms with Gasteiger partial charge in [0.25, 0.3) is 0 Å². The van der Waals surface area contributed by atoms with Crippen molar-refractivity contribution in [3.63, 3.8) is 0 Å². The number of thiazole rings is 1. The van der Waals surface area contributed by atoms with E-state index < -0.39 is 0 Å². The first kappa shape index (κ1) is 21.6. The van der Waals surface area contributed by atoms with Crippen LogP contribution < -0.4 is 5.32 Å². The number of carbonyl (C=O) groups excluding carboxylic acids is 1. The normalized spacial score (nSPS) is 11.2. The van der Waals surface area contributed by atoms with Gasteiger partial charge in [-0.15, -0.1) is 11.8 Å². The molecule has 0 saturated carbocycles. The second kappa shape index (κ2) is 9.24. The lowest BCUT2D eigenvalue weighted by atomic mass is 10.1. The molecule has 4 rings (SSSR count). The van der Waals surface area contributed by atoms with Gasteiger partial charge in [0.15, 0.2) is 0 Å². The van der Waals surface area contributed by atoms with E-state index in [0.717, 1.165) is 38.8 Å². The van der Waals surface area contributed by atoms with Gasteiger partial charge in [-0.05, 0) is 69.2 Å². The van der Waals surface area contributed by atoms with Crippen molar-refractivity contribution in [3.05, 3.63) is 64.8 Å². The Balaban J connectivity index is 1.41. The van der Waals surface area contributed by atoms with Crippen LogP contribution in [0.1, 0.15) is 35.2 Å². The summed E-state index contributed by atoms with van der Waals surface area (Å²) in [4.78, 5) is 18.6. The minimum absolute atomic E-state index is 0.00112. The van der Waals surface area contributed by atoms with Crippen LogP contribution in [0.3, 0.4) is 0 Å². The summed E-state index contributed by atoms with van der Waals surface area (Å²) in [6.45, 7) is 8.17. The van der Waals surface area contributed by atoms with Gasteiger partial charge in [-0.2, -0.15) is 9.78 Å². The molecule has 1 amide bonds. The Morgan fingerprint density at radius 3 is 2.61 bits per heavy atom. The molecule has 5 nitrogen and oxygen atoms in total. The van der Waals surface area contributed by atoms with Crippen LogP contribution >= 0.6 is 23.1 Å². The molecule has 2 heterocycles. The van der Waals surface area contributed by atoms with Gasteiger partial charge in [0.1, 0.15) is 5.82 Å². The van der Waals surface area contributed by atoms with Crippen molar-refractivity contribution in [1.29, 1.82) is 0 Å². The van der Waals surface area contributed by atoms with Gasteiger partial charge in [0.05, 0.1) is 15.9 Å². The van der Waals surface area contributed by atoms with E-state index in [0.29, 0.717) is 12.2 Å². The molecule has 2 aromatic carbocycles. The third-order valence-corrected chi connectivity index (χ3v) is 7.01. The number of aromatic nitrogens is 3. The lowest BCUT2D eigenvalue weighted by Crippen LogP contribution is -2.14. The first-order chi connectivity index (χ1) is 14.9. The van der Waals surface area contributed by atoms with Crippen LogP contribution in [0.15, 0.2) is 47.4 Å². The van der Waals surface area contributed by atoms with E-state index in [1.807, 2.05) is 13.0 Å². The molecule has 0 fully saturated rings. The lowest BCUT2D eigenvalue weighted by molar-refractivity contribution is -0.116. The number of amides is 1. The number of hydrogen-bond acceptors (Lipinski definition) is 5. The Morgan fingerprint density at radius 2 is 1.84 bits per heavy atom. The maximum Gasteiger partial charge on any atom is 0.225 e. The smallest absolute Gasteiger partial charge is 0.225 e. The molecule has 0 atom stereocenters. The van der Waals surface area contributed by atoms with E-state index in [4.69, 9.17) is 4.98 Å². The van der Waals surface area contributed by atoms with Gasteiger partial charge in [-0.25, -0.2) is 4.98 Å². The predicted octanol–water partition coefficient (Wildman–Crippen LogP) is 6.23. The monoisotopic (exact) mass is 450 g/mol. The Labute approximate surface area is 190 Å². The van der Waals surface area contributed by atoms with Crippen LogP contribution in [0, 0.1) is 27.7 Å². The summed E-state index contributed by atoms with van der Waals surface area (Å²) in [5, 5.41) is 8.36. The lowest BCUT2D eigenvalue weighted by Gasteiger charge is -2.06. The van der Waals surface area contributed by atoms with Crippen LogP contribution in [0.4, 0.5) is 5.82 Å².